The van der Waals surface area contributed by atoms with Crippen molar-refractivity contribution in [2.24, 2.45) is 5.92 Å². The molecular formula is C12H14BrN3O2S. The summed E-state index contributed by atoms with van der Waals surface area (Å²) in [7, 11) is 0. The Morgan fingerprint density at radius 1 is 1.58 bits per heavy atom. The second kappa shape index (κ2) is 5.83. The van der Waals surface area contributed by atoms with E-state index in [1.54, 1.807) is 16.0 Å². The van der Waals surface area contributed by atoms with Crippen LogP contribution in [0.3, 0.4) is 0 Å². The maximum atomic E-state index is 11.2. The predicted octanol–water partition coefficient (Wildman–Crippen LogP) is 3.05. The van der Waals surface area contributed by atoms with E-state index in [1.165, 1.54) is 0 Å². The molecule has 0 atom stereocenters. The third-order valence-electron chi connectivity index (χ3n) is 2.63. The highest BCUT2D eigenvalue weighted by Crippen LogP contribution is 2.24. The van der Waals surface area contributed by atoms with Crippen molar-refractivity contribution in [3.05, 3.63) is 32.2 Å². The van der Waals surface area contributed by atoms with Crippen molar-refractivity contribution >= 4 is 33.2 Å². The van der Waals surface area contributed by atoms with E-state index in [-0.39, 0.29) is 5.69 Å². The van der Waals surface area contributed by atoms with Gasteiger partial charge in [-0.05, 0) is 39.7 Å². The van der Waals surface area contributed by atoms with Gasteiger partial charge < -0.3 is 5.11 Å². The normalized spacial score (nSPS) is 11.2. The minimum Gasteiger partial charge on any atom is -0.476 e. The van der Waals surface area contributed by atoms with Crippen LogP contribution in [0, 0.1) is 5.92 Å². The molecule has 0 amide bonds. The Morgan fingerprint density at radius 2 is 2.32 bits per heavy atom. The van der Waals surface area contributed by atoms with E-state index in [9.17, 15) is 4.79 Å². The molecule has 1 N–H and O–H groups in total. The van der Waals surface area contributed by atoms with E-state index in [4.69, 9.17) is 5.11 Å². The van der Waals surface area contributed by atoms with Crippen LogP contribution in [0.2, 0.25) is 0 Å². The van der Waals surface area contributed by atoms with Gasteiger partial charge >= 0.3 is 5.97 Å². The molecule has 102 valence electrons. The molecule has 0 spiro atoms. The number of nitrogens with zero attached hydrogens (tertiary/aromatic N) is 3. The van der Waals surface area contributed by atoms with Crippen molar-refractivity contribution in [1.82, 2.24) is 15.0 Å². The van der Waals surface area contributed by atoms with E-state index in [0.29, 0.717) is 24.6 Å². The zero-order valence-electron chi connectivity index (χ0n) is 10.6. The second-order valence-corrected chi connectivity index (χ2v) is 6.49. The molecule has 2 rings (SSSR count). The van der Waals surface area contributed by atoms with Crippen LogP contribution in [0.25, 0.3) is 0 Å². The molecule has 0 aromatic carbocycles. The Hall–Kier alpha value is -1.21. The molecule has 0 aliphatic heterocycles. The van der Waals surface area contributed by atoms with Crippen molar-refractivity contribution in [3.63, 3.8) is 0 Å². The number of carboxylic acids is 1. The molecule has 7 heteroatoms. The highest BCUT2D eigenvalue weighted by atomic mass is 79.9. The zero-order chi connectivity index (χ0) is 14.0. The number of aromatic carboxylic acids is 1. The van der Waals surface area contributed by atoms with Gasteiger partial charge in [0.15, 0.2) is 5.69 Å². The predicted molar refractivity (Wildman–Crippen MR) is 76.6 cm³/mol. The first kappa shape index (κ1) is 14.2. The standard InChI is InChI=1S/C12H14BrN3O2S/c1-7(2)5-9-11(12(17)18)14-15-16(9)6-10-8(13)3-4-19-10/h3-4,7H,5-6H2,1-2H3,(H,17,18). The Morgan fingerprint density at radius 3 is 2.84 bits per heavy atom. The van der Waals surface area contributed by atoms with Crippen molar-refractivity contribution in [3.8, 4) is 0 Å². The summed E-state index contributed by atoms with van der Waals surface area (Å²) in [4.78, 5) is 12.3. The Kier molecular flexibility index (Phi) is 4.36. The van der Waals surface area contributed by atoms with Crippen molar-refractivity contribution < 1.29 is 9.90 Å². The number of hydrogen-bond acceptors (Lipinski definition) is 4. The average Bonchev–Trinajstić information content (AvgIpc) is 2.87. The van der Waals surface area contributed by atoms with Gasteiger partial charge in [-0.1, -0.05) is 19.1 Å². The summed E-state index contributed by atoms with van der Waals surface area (Å²) < 4.78 is 2.69. The van der Waals surface area contributed by atoms with Gasteiger partial charge in [0.05, 0.1) is 12.2 Å². The van der Waals surface area contributed by atoms with E-state index in [1.807, 2.05) is 25.3 Å². The number of aromatic nitrogens is 3. The fraction of sp³-hybridized carbons (Fsp3) is 0.417. The van der Waals surface area contributed by atoms with Crippen LogP contribution in [0.4, 0.5) is 0 Å². The molecule has 0 saturated heterocycles. The highest BCUT2D eigenvalue weighted by Gasteiger charge is 2.20. The Bertz CT molecular complexity index is 592. The summed E-state index contributed by atoms with van der Waals surface area (Å²) >= 11 is 5.07. The largest absolute Gasteiger partial charge is 0.476 e. The van der Waals surface area contributed by atoms with E-state index >= 15 is 0 Å². The molecule has 0 bridgehead atoms. The molecule has 0 aliphatic carbocycles. The van der Waals surface area contributed by atoms with Gasteiger partial charge in [-0.3, -0.25) is 0 Å². The van der Waals surface area contributed by atoms with Crippen LogP contribution in [-0.4, -0.2) is 26.1 Å². The zero-order valence-corrected chi connectivity index (χ0v) is 13.0. The minimum atomic E-state index is -1.02. The van der Waals surface area contributed by atoms with Crippen LogP contribution < -0.4 is 0 Å². The number of thiophene rings is 1. The lowest BCUT2D eigenvalue weighted by Gasteiger charge is -2.08. The smallest absolute Gasteiger partial charge is 0.358 e. The summed E-state index contributed by atoms with van der Waals surface area (Å²) in [6.07, 6.45) is 0.650. The fourth-order valence-corrected chi connectivity index (χ4v) is 3.25. The molecule has 2 aromatic rings. The molecule has 0 fully saturated rings. The molecule has 0 saturated carbocycles. The quantitative estimate of drug-likeness (QED) is 0.905. The first-order valence-electron chi connectivity index (χ1n) is 5.86. The molecule has 5 nitrogen and oxygen atoms in total. The van der Waals surface area contributed by atoms with E-state index in [0.717, 1.165) is 9.35 Å². The van der Waals surface area contributed by atoms with Crippen molar-refractivity contribution in [2.75, 3.05) is 0 Å². The third kappa shape index (κ3) is 3.22. The fourth-order valence-electron chi connectivity index (χ4n) is 1.79. The number of carbonyl (C=O) groups is 1. The summed E-state index contributed by atoms with van der Waals surface area (Å²) in [6.45, 7) is 4.63. The molecule has 2 aromatic heterocycles. The lowest BCUT2D eigenvalue weighted by atomic mass is 10.1. The summed E-state index contributed by atoms with van der Waals surface area (Å²) in [5, 5.41) is 18.9. The van der Waals surface area contributed by atoms with Gasteiger partial charge in [-0.25, -0.2) is 9.48 Å². The molecule has 0 aliphatic rings. The number of halogens is 1. The van der Waals surface area contributed by atoms with Gasteiger partial charge in [-0.15, -0.1) is 16.4 Å². The molecule has 19 heavy (non-hydrogen) atoms. The summed E-state index contributed by atoms with van der Waals surface area (Å²) in [5.74, 6) is -0.672. The van der Waals surface area contributed by atoms with Gasteiger partial charge in [-0.2, -0.15) is 0 Å². The topological polar surface area (TPSA) is 68.0 Å². The van der Waals surface area contributed by atoms with E-state index < -0.39 is 5.97 Å². The highest BCUT2D eigenvalue weighted by molar-refractivity contribution is 9.10. The van der Waals surface area contributed by atoms with Crippen molar-refractivity contribution in [2.45, 2.75) is 26.8 Å². The molecule has 0 unspecified atom stereocenters. The lowest BCUT2D eigenvalue weighted by molar-refractivity contribution is 0.0689. The van der Waals surface area contributed by atoms with Crippen LogP contribution in [0.5, 0.6) is 0 Å². The van der Waals surface area contributed by atoms with Gasteiger partial charge in [0.2, 0.25) is 0 Å². The summed E-state index contributed by atoms with van der Waals surface area (Å²) in [5.41, 5.74) is 0.740. The van der Waals surface area contributed by atoms with Crippen molar-refractivity contribution in [1.29, 1.82) is 0 Å². The van der Waals surface area contributed by atoms with Gasteiger partial charge in [0.25, 0.3) is 0 Å². The first-order valence-corrected chi connectivity index (χ1v) is 7.53. The number of carboxylic acid groups (broad SMARTS) is 1. The SMILES string of the molecule is CC(C)Cc1c(C(=O)O)nnn1Cc1sccc1Br. The van der Waals surface area contributed by atoms with Crippen LogP contribution in [0.15, 0.2) is 15.9 Å². The third-order valence-corrected chi connectivity index (χ3v) is 4.54. The van der Waals surface area contributed by atoms with Gasteiger partial charge in [0.1, 0.15) is 0 Å². The van der Waals surface area contributed by atoms with Crippen LogP contribution in [-0.2, 0) is 13.0 Å². The Balaban J connectivity index is 2.34. The Labute approximate surface area is 123 Å². The van der Waals surface area contributed by atoms with Gasteiger partial charge in [0, 0.05) is 9.35 Å². The monoisotopic (exact) mass is 343 g/mol. The summed E-state index contributed by atoms with van der Waals surface area (Å²) in [6, 6.07) is 1.97. The molecule has 0 radical (unpaired) electrons. The van der Waals surface area contributed by atoms with Crippen LogP contribution >= 0.6 is 27.3 Å². The second-order valence-electron chi connectivity index (χ2n) is 4.64. The molecular weight excluding hydrogens is 330 g/mol. The minimum absolute atomic E-state index is 0.0568. The first-order chi connectivity index (χ1) is 8.99. The number of hydrogen-bond donors (Lipinski definition) is 1. The lowest BCUT2D eigenvalue weighted by Crippen LogP contribution is -2.11. The average molecular weight is 344 g/mol. The number of rotatable bonds is 5. The van der Waals surface area contributed by atoms with Crippen LogP contribution in [0.1, 0.15) is 34.9 Å². The van der Waals surface area contributed by atoms with E-state index in [2.05, 4.69) is 26.2 Å². The molecule has 2 heterocycles. The maximum Gasteiger partial charge on any atom is 0.358 e. The maximum absolute atomic E-state index is 11.2.